The molecule has 0 spiro atoms. The van der Waals surface area contributed by atoms with E-state index in [4.69, 9.17) is 0 Å². The third-order valence-corrected chi connectivity index (χ3v) is 4.00. The minimum Gasteiger partial charge on any atom is -0.368 e. The number of aromatic nitrogens is 2. The topological polar surface area (TPSA) is 66.9 Å². The second-order valence-electron chi connectivity index (χ2n) is 6.42. The van der Waals surface area contributed by atoms with Crippen molar-refractivity contribution in [2.45, 2.75) is 20.3 Å². The van der Waals surface area contributed by atoms with Crippen LogP contribution in [0.2, 0.25) is 0 Å². The van der Waals surface area contributed by atoms with E-state index in [2.05, 4.69) is 20.6 Å². The summed E-state index contributed by atoms with van der Waals surface area (Å²) in [6, 6.07) is 12.2. The van der Waals surface area contributed by atoms with Crippen molar-refractivity contribution in [3.8, 4) is 0 Å². The number of hydrogen-bond donors (Lipinski definition) is 2. The van der Waals surface area contributed by atoms with E-state index in [1.54, 1.807) is 12.1 Å². The SMILES string of the molecule is Cc1cc(C)cc(NC(=O)c2cnc(NCCc3ccc(F)cc3)cn2)c1. The van der Waals surface area contributed by atoms with Crippen molar-refractivity contribution >= 4 is 17.4 Å². The Labute approximate surface area is 157 Å². The summed E-state index contributed by atoms with van der Waals surface area (Å²) in [5.41, 5.74) is 4.18. The van der Waals surface area contributed by atoms with Crippen LogP contribution >= 0.6 is 0 Å². The Hall–Kier alpha value is -3.28. The van der Waals surface area contributed by atoms with E-state index in [-0.39, 0.29) is 17.4 Å². The lowest BCUT2D eigenvalue weighted by Crippen LogP contribution is -2.15. The number of anilines is 2. The van der Waals surface area contributed by atoms with Gasteiger partial charge in [-0.15, -0.1) is 0 Å². The van der Waals surface area contributed by atoms with Gasteiger partial charge in [-0.2, -0.15) is 0 Å². The number of benzene rings is 2. The molecule has 0 atom stereocenters. The Balaban J connectivity index is 1.54. The lowest BCUT2D eigenvalue weighted by molar-refractivity contribution is 0.102. The number of aryl methyl sites for hydroxylation is 2. The Morgan fingerprint density at radius 1 is 1.00 bits per heavy atom. The van der Waals surface area contributed by atoms with Gasteiger partial charge in [-0.3, -0.25) is 4.79 Å². The summed E-state index contributed by atoms with van der Waals surface area (Å²) in [6.45, 7) is 4.60. The van der Waals surface area contributed by atoms with E-state index in [1.165, 1.54) is 24.5 Å². The summed E-state index contributed by atoms with van der Waals surface area (Å²) >= 11 is 0. The summed E-state index contributed by atoms with van der Waals surface area (Å²) in [7, 11) is 0. The van der Waals surface area contributed by atoms with E-state index in [9.17, 15) is 9.18 Å². The van der Waals surface area contributed by atoms with Crippen molar-refractivity contribution in [2.24, 2.45) is 0 Å². The molecule has 0 aliphatic rings. The summed E-state index contributed by atoms with van der Waals surface area (Å²) in [6.07, 6.45) is 3.70. The summed E-state index contributed by atoms with van der Waals surface area (Å²) in [5, 5.41) is 5.98. The highest BCUT2D eigenvalue weighted by Gasteiger charge is 2.09. The van der Waals surface area contributed by atoms with Crippen LogP contribution in [0, 0.1) is 19.7 Å². The summed E-state index contributed by atoms with van der Waals surface area (Å²) < 4.78 is 12.9. The van der Waals surface area contributed by atoms with E-state index in [1.807, 2.05) is 32.0 Å². The van der Waals surface area contributed by atoms with E-state index < -0.39 is 0 Å². The van der Waals surface area contributed by atoms with Crippen molar-refractivity contribution in [3.63, 3.8) is 0 Å². The highest BCUT2D eigenvalue weighted by atomic mass is 19.1. The lowest BCUT2D eigenvalue weighted by Gasteiger charge is -2.08. The van der Waals surface area contributed by atoms with Crippen molar-refractivity contribution in [2.75, 3.05) is 17.2 Å². The zero-order chi connectivity index (χ0) is 19.2. The van der Waals surface area contributed by atoms with Gasteiger partial charge in [0.05, 0.1) is 12.4 Å². The minimum atomic E-state index is -0.301. The Morgan fingerprint density at radius 3 is 2.33 bits per heavy atom. The van der Waals surface area contributed by atoms with Gasteiger partial charge >= 0.3 is 0 Å². The van der Waals surface area contributed by atoms with Gasteiger partial charge in [0.2, 0.25) is 0 Å². The summed E-state index contributed by atoms with van der Waals surface area (Å²) in [4.78, 5) is 20.7. The Kier molecular flexibility index (Phi) is 5.76. The van der Waals surface area contributed by atoms with E-state index in [0.29, 0.717) is 12.4 Å². The molecule has 0 fully saturated rings. The maximum absolute atomic E-state index is 12.9. The van der Waals surface area contributed by atoms with Gasteiger partial charge in [-0.25, -0.2) is 14.4 Å². The van der Waals surface area contributed by atoms with Crippen LogP contribution in [0.4, 0.5) is 15.9 Å². The van der Waals surface area contributed by atoms with Crippen LogP contribution in [0.5, 0.6) is 0 Å². The van der Waals surface area contributed by atoms with Gasteiger partial charge in [0, 0.05) is 12.2 Å². The number of rotatable bonds is 6. The first kappa shape index (κ1) is 18.5. The normalized spacial score (nSPS) is 10.5. The molecule has 2 aromatic carbocycles. The van der Waals surface area contributed by atoms with Gasteiger partial charge in [-0.05, 0) is 61.2 Å². The number of nitrogens with zero attached hydrogens (tertiary/aromatic N) is 2. The number of carbonyl (C=O) groups excluding carboxylic acids is 1. The average molecular weight is 364 g/mol. The molecule has 2 N–H and O–H groups in total. The zero-order valence-corrected chi connectivity index (χ0v) is 15.3. The van der Waals surface area contributed by atoms with Gasteiger partial charge in [-0.1, -0.05) is 18.2 Å². The van der Waals surface area contributed by atoms with Gasteiger partial charge in [0.1, 0.15) is 17.3 Å². The zero-order valence-electron chi connectivity index (χ0n) is 15.3. The smallest absolute Gasteiger partial charge is 0.275 e. The third-order valence-electron chi connectivity index (χ3n) is 4.00. The first-order chi connectivity index (χ1) is 13.0. The maximum atomic E-state index is 12.9. The molecule has 1 aromatic heterocycles. The monoisotopic (exact) mass is 364 g/mol. The van der Waals surface area contributed by atoms with Crippen molar-refractivity contribution in [1.29, 1.82) is 0 Å². The predicted molar refractivity (Wildman–Crippen MR) is 104 cm³/mol. The first-order valence-corrected chi connectivity index (χ1v) is 8.69. The fourth-order valence-electron chi connectivity index (χ4n) is 2.76. The molecule has 6 heteroatoms. The molecule has 0 saturated heterocycles. The highest BCUT2D eigenvalue weighted by Crippen LogP contribution is 2.14. The molecule has 0 aliphatic carbocycles. The molecule has 0 unspecified atom stereocenters. The van der Waals surface area contributed by atoms with E-state index in [0.717, 1.165) is 28.8 Å². The molecule has 5 nitrogen and oxygen atoms in total. The standard InChI is InChI=1S/C21H21FN4O/c1-14-9-15(2)11-18(10-14)26-21(27)19-12-25-20(13-24-19)23-8-7-16-3-5-17(22)6-4-16/h3-6,9-13H,7-8H2,1-2H3,(H,23,25)(H,26,27). The lowest BCUT2D eigenvalue weighted by atomic mass is 10.1. The first-order valence-electron chi connectivity index (χ1n) is 8.69. The minimum absolute atomic E-state index is 0.243. The molecular weight excluding hydrogens is 343 g/mol. The third kappa shape index (κ3) is 5.34. The molecular formula is C21H21FN4O. The fourth-order valence-corrected chi connectivity index (χ4v) is 2.76. The van der Waals surface area contributed by atoms with Crippen molar-refractivity contribution in [1.82, 2.24) is 9.97 Å². The Morgan fingerprint density at radius 2 is 1.70 bits per heavy atom. The molecule has 1 heterocycles. The molecule has 1 amide bonds. The molecule has 27 heavy (non-hydrogen) atoms. The second-order valence-corrected chi connectivity index (χ2v) is 6.42. The molecule has 0 aliphatic heterocycles. The average Bonchev–Trinajstić information content (AvgIpc) is 2.63. The molecule has 3 rings (SSSR count). The number of amides is 1. The number of halogens is 1. The van der Waals surface area contributed by atoms with Crippen LogP contribution in [0.3, 0.4) is 0 Å². The molecule has 0 saturated carbocycles. The van der Waals surface area contributed by atoms with Crippen molar-refractivity contribution in [3.05, 3.63) is 83.1 Å². The quantitative estimate of drug-likeness (QED) is 0.690. The van der Waals surface area contributed by atoms with Crippen molar-refractivity contribution < 1.29 is 9.18 Å². The summed E-state index contributed by atoms with van der Waals surface area (Å²) in [5.74, 6) is 0.0395. The van der Waals surface area contributed by atoms with Gasteiger partial charge in [0.15, 0.2) is 0 Å². The Bertz CT molecular complexity index is 904. The highest BCUT2D eigenvalue weighted by molar-refractivity contribution is 6.02. The van der Waals surface area contributed by atoms with Crippen LogP contribution in [0.1, 0.15) is 27.2 Å². The van der Waals surface area contributed by atoms with Crippen LogP contribution in [-0.2, 0) is 6.42 Å². The predicted octanol–water partition coefficient (Wildman–Crippen LogP) is 4.14. The molecule has 3 aromatic rings. The van der Waals surface area contributed by atoms with Crippen LogP contribution in [0.15, 0.2) is 54.9 Å². The molecule has 138 valence electrons. The van der Waals surface area contributed by atoms with E-state index >= 15 is 0 Å². The van der Waals surface area contributed by atoms with Gasteiger partial charge in [0.25, 0.3) is 5.91 Å². The van der Waals surface area contributed by atoms with Crippen LogP contribution in [0.25, 0.3) is 0 Å². The van der Waals surface area contributed by atoms with Crippen LogP contribution < -0.4 is 10.6 Å². The number of carbonyl (C=O) groups is 1. The fraction of sp³-hybridized carbons (Fsp3) is 0.190. The number of nitrogens with one attached hydrogen (secondary N) is 2. The van der Waals surface area contributed by atoms with Gasteiger partial charge < -0.3 is 10.6 Å². The molecule has 0 bridgehead atoms. The largest absolute Gasteiger partial charge is 0.368 e. The van der Waals surface area contributed by atoms with Crippen LogP contribution in [-0.4, -0.2) is 22.4 Å². The number of hydrogen-bond acceptors (Lipinski definition) is 4. The second kappa shape index (κ2) is 8.40. The molecule has 0 radical (unpaired) electrons. The maximum Gasteiger partial charge on any atom is 0.275 e.